The van der Waals surface area contributed by atoms with Gasteiger partial charge >= 0.3 is 5.97 Å². The molecule has 1 aromatic heterocycles. The van der Waals surface area contributed by atoms with Crippen LogP contribution in [0.5, 0.6) is 0 Å². The quantitative estimate of drug-likeness (QED) is 0.440. The maximum atomic E-state index is 12.0. The zero-order valence-corrected chi connectivity index (χ0v) is 13.7. The number of nitrogens with zero attached hydrogens (tertiary/aromatic N) is 4. The highest BCUT2D eigenvalue weighted by Crippen LogP contribution is 2.21. The van der Waals surface area contributed by atoms with E-state index in [1.165, 1.54) is 6.20 Å². The number of hydrogen-bond acceptors (Lipinski definition) is 7. The van der Waals surface area contributed by atoms with Gasteiger partial charge in [0, 0.05) is 9.77 Å². The zero-order chi connectivity index (χ0) is 15.9. The first-order valence-electron chi connectivity index (χ1n) is 6.23. The van der Waals surface area contributed by atoms with Crippen LogP contribution in [0.15, 0.2) is 24.4 Å². The summed E-state index contributed by atoms with van der Waals surface area (Å²) in [6, 6.07) is 7.22. The smallest absolute Gasteiger partial charge is 0.340 e. The lowest BCUT2D eigenvalue weighted by molar-refractivity contribution is 0.0527. The van der Waals surface area contributed by atoms with Gasteiger partial charge in [-0.2, -0.15) is 10.5 Å². The Balaban J connectivity index is 2.29. The topological polar surface area (TPSA) is 117 Å². The van der Waals surface area contributed by atoms with E-state index in [4.69, 9.17) is 10.00 Å². The molecule has 2 rings (SSSR count). The molecular formula is C13H11IN6O2. The summed E-state index contributed by atoms with van der Waals surface area (Å²) in [6.07, 6.45) is 1.41. The number of ether oxygens (including phenoxy) is 1. The van der Waals surface area contributed by atoms with E-state index in [1.807, 2.05) is 12.1 Å². The molecule has 2 N–H and O–H groups in total. The van der Waals surface area contributed by atoms with Crippen LogP contribution in [-0.4, -0.2) is 33.2 Å². The van der Waals surface area contributed by atoms with E-state index in [9.17, 15) is 4.79 Å². The second-order valence-electron chi connectivity index (χ2n) is 3.96. The van der Waals surface area contributed by atoms with E-state index < -0.39 is 5.97 Å². The van der Waals surface area contributed by atoms with Crippen molar-refractivity contribution < 1.29 is 9.53 Å². The SMILES string of the molecule is CCOC(=O)c1cc(I)ccc1NC=C(C#N)c1nn[nH]n1. The third-order valence-electron chi connectivity index (χ3n) is 2.56. The van der Waals surface area contributed by atoms with Gasteiger partial charge in [0.15, 0.2) is 0 Å². The number of aromatic amines is 1. The van der Waals surface area contributed by atoms with Crippen LogP contribution in [0.25, 0.3) is 5.57 Å². The van der Waals surface area contributed by atoms with Gasteiger partial charge in [-0.15, -0.1) is 10.2 Å². The molecule has 0 spiro atoms. The minimum Gasteiger partial charge on any atom is -0.462 e. The average molecular weight is 410 g/mol. The molecule has 0 saturated carbocycles. The fourth-order valence-electron chi connectivity index (χ4n) is 1.59. The van der Waals surface area contributed by atoms with E-state index in [2.05, 4.69) is 48.5 Å². The van der Waals surface area contributed by atoms with Crippen LogP contribution in [0.4, 0.5) is 5.69 Å². The second-order valence-corrected chi connectivity index (χ2v) is 5.21. The van der Waals surface area contributed by atoms with Crippen molar-refractivity contribution in [3.63, 3.8) is 0 Å². The molecule has 0 unspecified atom stereocenters. The van der Waals surface area contributed by atoms with Gasteiger partial charge in [-0.25, -0.2) is 4.79 Å². The third-order valence-corrected chi connectivity index (χ3v) is 3.23. The number of H-pyrrole nitrogens is 1. The molecule has 2 aromatic rings. The maximum Gasteiger partial charge on any atom is 0.340 e. The number of carbonyl (C=O) groups is 1. The molecule has 0 aliphatic heterocycles. The lowest BCUT2D eigenvalue weighted by atomic mass is 10.2. The Morgan fingerprint density at radius 2 is 2.41 bits per heavy atom. The molecule has 0 aliphatic rings. The summed E-state index contributed by atoms with van der Waals surface area (Å²) < 4.78 is 5.92. The molecule has 1 heterocycles. The van der Waals surface area contributed by atoms with Gasteiger partial charge in [-0.05, 0) is 52.9 Å². The van der Waals surface area contributed by atoms with Gasteiger partial charge in [0.2, 0.25) is 5.82 Å². The number of aromatic nitrogens is 4. The molecule has 0 amide bonds. The molecule has 112 valence electrons. The Kier molecular flexibility index (Phi) is 5.42. The van der Waals surface area contributed by atoms with Crippen LogP contribution in [-0.2, 0) is 4.74 Å². The standard InChI is InChI=1S/C13H11IN6O2/c1-2-22-13(21)10-5-9(14)3-4-11(10)16-7-8(6-15)12-17-19-20-18-12/h3-5,7,16H,2H2,1H3,(H,17,18,19,20). The number of benzene rings is 1. The average Bonchev–Trinajstić information content (AvgIpc) is 3.03. The molecule has 0 fully saturated rings. The Morgan fingerprint density at radius 3 is 3.05 bits per heavy atom. The Morgan fingerprint density at radius 1 is 1.59 bits per heavy atom. The van der Waals surface area contributed by atoms with Crippen molar-refractivity contribution in [1.29, 1.82) is 5.26 Å². The first-order valence-corrected chi connectivity index (χ1v) is 7.31. The molecular weight excluding hydrogens is 399 g/mol. The van der Waals surface area contributed by atoms with Crippen molar-refractivity contribution in [2.24, 2.45) is 0 Å². The van der Waals surface area contributed by atoms with Crippen LogP contribution < -0.4 is 5.32 Å². The number of halogens is 1. The zero-order valence-electron chi connectivity index (χ0n) is 11.5. The van der Waals surface area contributed by atoms with Crippen molar-refractivity contribution in [3.8, 4) is 6.07 Å². The predicted octanol–water partition coefficient (Wildman–Crippen LogP) is 1.96. The van der Waals surface area contributed by atoms with Crippen molar-refractivity contribution in [3.05, 3.63) is 39.4 Å². The summed E-state index contributed by atoms with van der Waals surface area (Å²) in [5.74, 6) is -0.270. The minimum atomic E-state index is -0.435. The number of nitriles is 1. The van der Waals surface area contributed by atoms with Crippen LogP contribution in [0.3, 0.4) is 0 Å². The Bertz CT molecular complexity index is 735. The summed E-state index contributed by atoms with van der Waals surface area (Å²) in [6.45, 7) is 2.02. The fourth-order valence-corrected chi connectivity index (χ4v) is 2.08. The van der Waals surface area contributed by atoms with Gasteiger partial charge in [0.1, 0.15) is 11.6 Å². The molecule has 0 saturated heterocycles. The van der Waals surface area contributed by atoms with E-state index in [0.717, 1.165) is 3.57 Å². The van der Waals surface area contributed by atoms with Gasteiger partial charge < -0.3 is 10.1 Å². The first-order chi connectivity index (χ1) is 10.7. The highest BCUT2D eigenvalue weighted by atomic mass is 127. The molecule has 0 radical (unpaired) electrons. The number of hydrogen-bond donors (Lipinski definition) is 2. The molecule has 9 heteroatoms. The highest BCUT2D eigenvalue weighted by molar-refractivity contribution is 14.1. The van der Waals surface area contributed by atoms with Gasteiger partial charge in [0.05, 0.1) is 17.9 Å². The largest absolute Gasteiger partial charge is 0.462 e. The summed E-state index contributed by atoms with van der Waals surface area (Å²) in [7, 11) is 0. The van der Waals surface area contributed by atoms with E-state index >= 15 is 0 Å². The molecule has 0 bridgehead atoms. The molecule has 0 aliphatic carbocycles. The highest BCUT2D eigenvalue weighted by Gasteiger charge is 2.13. The number of tetrazole rings is 1. The summed E-state index contributed by atoms with van der Waals surface area (Å²) in [5.41, 5.74) is 1.09. The van der Waals surface area contributed by atoms with Crippen LogP contribution >= 0.6 is 22.6 Å². The third kappa shape index (κ3) is 3.79. The Labute approximate surface area is 139 Å². The van der Waals surface area contributed by atoms with E-state index in [0.29, 0.717) is 11.3 Å². The van der Waals surface area contributed by atoms with Crippen LogP contribution in [0, 0.1) is 14.9 Å². The lowest BCUT2D eigenvalue weighted by Gasteiger charge is -2.09. The summed E-state index contributed by atoms with van der Waals surface area (Å²) >= 11 is 2.11. The predicted molar refractivity (Wildman–Crippen MR) is 86.5 cm³/mol. The lowest BCUT2D eigenvalue weighted by Crippen LogP contribution is -2.08. The Hall–Kier alpha value is -2.48. The normalized spacial score (nSPS) is 10.9. The van der Waals surface area contributed by atoms with Crippen LogP contribution in [0.1, 0.15) is 23.1 Å². The number of esters is 1. The van der Waals surface area contributed by atoms with Crippen molar-refractivity contribution in [1.82, 2.24) is 20.6 Å². The molecule has 1 aromatic carbocycles. The van der Waals surface area contributed by atoms with Gasteiger partial charge in [-0.1, -0.05) is 0 Å². The number of allylic oxidation sites excluding steroid dienone is 1. The maximum absolute atomic E-state index is 12.0. The number of carbonyl (C=O) groups excluding carboxylic acids is 1. The number of rotatable bonds is 5. The van der Waals surface area contributed by atoms with E-state index in [1.54, 1.807) is 19.1 Å². The van der Waals surface area contributed by atoms with Gasteiger partial charge in [0.25, 0.3) is 0 Å². The molecule has 22 heavy (non-hydrogen) atoms. The van der Waals surface area contributed by atoms with Crippen molar-refractivity contribution in [2.75, 3.05) is 11.9 Å². The first kappa shape index (κ1) is 15.9. The summed E-state index contributed by atoms with van der Waals surface area (Å²) in [5, 5.41) is 25.1. The minimum absolute atomic E-state index is 0.165. The van der Waals surface area contributed by atoms with Gasteiger partial charge in [-0.3, -0.25) is 0 Å². The summed E-state index contributed by atoms with van der Waals surface area (Å²) in [4.78, 5) is 12.0. The fraction of sp³-hybridized carbons (Fsp3) is 0.154. The molecule has 8 nitrogen and oxygen atoms in total. The second kappa shape index (κ2) is 7.51. The van der Waals surface area contributed by atoms with Crippen molar-refractivity contribution in [2.45, 2.75) is 6.92 Å². The van der Waals surface area contributed by atoms with E-state index in [-0.39, 0.29) is 18.0 Å². The monoisotopic (exact) mass is 410 g/mol. The number of anilines is 1. The molecule has 0 atom stereocenters. The number of nitrogens with one attached hydrogen (secondary N) is 2. The van der Waals surface area contributed by atoms with Crippen LogP contribution in [0.2, 0.25) is 0 Å². The van der Waals surface area contributed by atoms with Crippen molar-refractivity contribution >= 4 is 39.8 Å².